The molecule has 2 aromatic rings. The van der Waals surface area contributed by atoms with Gasteiger partial charge in [0, 0.05) is 21.3 Å². The summed E-state index contributed by atoms with van der Waals surface area (Å²) < 4.78 is 14.0. The number of hydrogen-bond donors (Lipinski definition) is 1. The fraction of sp³-hybridized carbons (Fsp3) is 0.0833. The van der Waals surface area contributed by atoms with Crippen LogP contribution in [0.5, 0.6) is 0 Å². The van der Waals surface area contributed by atoms with E-state index in [1.165, 1.54) is 12.1 Å². The van der Waals surface area contributed by atoms with Crippen LogP contribution in [0.15, 0.2) is 34.1 Å². The van der Waals surface area contributed by atoms with Crippen LogP contribution in [0.2, 0.25) is 0 Å². The summed E-state index contributed by atoms with van der Waals surface area (Å²) in [6.45, 7) is 0.622. The molecule has 0 spiro atoms. The Morgan fingerprint density at radius 1 is 1.41 bits per heavy atom. The van der Waals surface area contributed by atoms with E-state index < -0.39 is 5.82 Å². The van der Waals surface area contributed by atoms with Crippen molar-refractivity contribution in [2.75, 3.05) is 5.32 Å². The minimum absolute atomic E-state index is 0.320. The molecule has 0 amide bonds. The van der Waals surface area contributed by atoms with Gasteiger partial charge in [-0.2, -0.15) is 5.26 Å². The first-order valence-corrected chi connectivity index (χ1v) is 6.53. The van der Waals surface area contributed by atoms with E-state index in [0.29, 0.717) is 17.8 Å². The molecular formula is C12H8BrFN2S. The van der Waals surface area contributed by atoms with Crippen molar-refractivity contribution in [3.8, 4) is 6.07 Å². The van der Waals surface area contributed by atoms with Gasteiger partial charge >= 0.3 is 0 Å². The molecule has 0 saturated heterocycles. The number of nitrogens with one attached hydrogen (secondary N) is 1. The van der Waals surface area contributed by atoms with Gasteiger partial charge in [0.25, 0.3) is 0 Å². The zero-order valence-corrected chi connectivity index (χ0v) is 11.1. The van der Waals surface area contributed by atoms with E-state index in [9.17, 15) is 4.39 Å². The molecule has 0 aliphatic heterocycles. The average Bonchev–Trinajstić information content (AvgIpc) is 2.73. The van der Waals surface area contributed by atoms with Gasteiger partial charge in [0.1, 0.15) is 11.9 Å². The van der Waals surface area contributed by atoms with Crippen LogP contribution in [0.4, 0.5) is 10.1 Å². The van der Waals surface area contributed by atoms with Crippen molar-refractivity contribution >= 4 is 33.0 Å². The van der Waals surface area contributed by atoms with E-state index in [1.54, 1.807) is 17.4 Å². The number of nitrogens with zero attached hydrogens (tertiary/aromatic N) is 1. The van der Waals surface area contributed by atoms with Crippen molar-refractivity contribution in [2.24, 2.45) is 0 Å². The number of halogens is 2. The molecule has 1 aromatic heterocycles. The van der Waals surface area contributed by atoms with Crippen LogP contribution in [-0.4, -0.2) is 0 Å². The lowest BCUT2D eigenvalue weighted by molar-refractivity contribution is 0.627. The molecule has 1 heterocycles. The van der Waals surface area contributed by atoms with Gasteiger partial charge in [0.2, 0.25) is 0 Å². The molecule has 0 unspecified atom stereocenters. The second-order valence-corrected chi connectivity index (χ2v) is 5.30. The molecule has 86 valence electrons. The highest BCUT2D eigenvalue weighted by atomic mass is 79.9. The lowest BCUT2D eigenvalue weighted by Crippen LogP contribution is -1.99. The van der Waals surface area contributed by atoms with Crippen LogP contribution in [-0.2, 0) is 6.54 Å². The van der Waals surface area contributed by atoms with Gasteiger partial charge in [-0.1, -0.05) is 0 Å². The van der Waals surface area contributed by atoms with Crippen molar-refractivity contribution in [3.05, 3.63) is 50.4 Å². The molecular weight excluding hydrogens is 303 g/mol. The van der Waals surface area contributed by atoms with Crippen molar-refractivity contribution in [1.29, 1.82) is 5.26 Å². The Balaban J connectivity index is 2.12. The van der Waals surface area contributed by atoms with Gasteiger partial charge in [-0.15, -0.1) is 11.3 Å². The number of nitriles is 1. The second-order valence-electron chi connectivity index (χ2n) is 3.39. The molecule has 2 rings (SSSR count). The summed E-state index contributed by atoms with van der Waals surface area (Å²) in [7, 11) is 0. The van der Waals surface area contributed by atoms with Gasteiger partial charge in [-0.3, -0.25) is 0 Å². The van der Waals surface area contributed by atoms with E-state index in [0.717, 1.165) is 9.35 Å². The summed E-state index contributed by atoms with van der Waals surface area (Å²) in [6, 6.07) is 8.13. The van der Waals surface area contributed by atoms with Gasteiger partial charge in [0.05, 0.1) is 11.3 Å². The molecule has 17 heavy (non-hydrogen) atoms. The Labute approximate surface area is 111 Å². The molecule has 2 nitrogen and oxygen atoms in total. The monoisotopic (exact) mass is 310 g/mol. The van der Waals surface area contributed by atoms with Crippen LogP contribution in [0.1, 0.15) is 10.4 Å². The SMILES string of the molecule is N#Cc1cc(F)ccc1NCc1cc(Br)cs1. The molecule has 0 fully saturated rings. The molecule has 0 aliphatic rings. The van der Waals surface area contributed by atoms with E-state index in [2.05, 4.69) is 21.2 Å². The topological polar surface area (TPSA) is 35.8 Å². The Bertz CT molecular complexity index is 574. The largest absolute Gasteiger partial charge is 0.379 e. The average molecular weight is 311 g/mol. The first-order chi connectivity index (χ1) is 8.19. The quantitative estimate of drug-likeness (QED) is 0.925. The molecule has 1 aromatic carbocycles. The van der Waals surface area contributed by atoms with Gasteiger partial charge in [-0.25, -0.2) is 4.39 Å². The van der Waals surface area contributed by atoms with Crippen LogP contribution in [0.25, 0.3) is 0 Å². The highest BCUT2D eigenvalue weighted by Crippen LogP contribution is 2.22. The van der Waals surface area contributed by atoms with Gasteiger partial charge in [0.15, 0.2) is 0 Å². The summed E-state index contributed by atoms with van der Waals surface area (Å²) in [5, 5.41) is 14.0. The number of thiophene rings is 1. The van der Waals surface area contributed by atoms with E-state index >= 15 is 0 Å². The minimum Gasteiger partial charge on any atom is -0.379 e. The summed E-state index contributed by atoms with van der Waals surface area (Å²) in [5.41, 5.74) is 0.971. The summed E-state index contributed by atoms with van der Waals surface area (Å²) in [6.07, 6.45) is 0. The molecule has 0 saturated carbocycles. The molecule has 0 atom stereocenters. The summed E-state index contributed by atoms with van der Waals surface area (Å²) >= 11 is 5.00. The molecule has 0 aliphatic carbocycles. The predicted octanol–water partition coefficient (Wildman–Crippen LogP) is 4.13. The van der Waals surface area contributed by atoms with Gasteiger partial charge < -0.3 is 5.32 Å². The van der Waals surface area contributed by atoms with Crippen molar-refractivity contribution in [2.45, 2.75) is 6.54 Å². The van der Waals surface area contributed by atoms with Crippen molar-refractivity contribution in [1.82, 2.24) is 0 Å². The standard InChI is InChI=1S/C12H8BrFN2S/c13-9-4-11(17-7-9)6-16-12-2-1-10(14)3-8(12)5-15/h1-4,7,16H,6H2. The second kappa shape index (κ2) is 5.30. The normalized spacial score (nSPS) is 9.94. The molecule has 0 bridgehead atoms. The van der Waals surface area contributed by atoms with E-state index in [-0.39, 0.29) is 0 Å². The third-order valence-corrected chi connectivity index (χ3v) is 3.87. The third-order valence-electron chi connectivity index (χ3n) is 2.18. The van der Waals surface area contributed by atoms with Gasteiger partial charge in [-0.05, 0) is 40.2 Å². The maximum absolute atomic E-state index is 12.9. The maximum Gasteiger partial charge on any atom is 0.124 e. The Kier molecular flexibility index (Phi) is 3.77. The fourth-order valence-corrected chi connectivity index (χ4v) is 2.78. The van der Waals surface area contributed by atoms with Crippen LogP contribution < -0.4 is 5.32 Å². The van der Waals surface area contributed by atoms with Crippen LogP contribution in [0, 0.1) is 17.1 Å². The lowest BCUT2D eigenvalue weighted by atomic mass is 10.2. The first-order valence-electron chi connectivity index (χ1n) is 4.85. The van der Waals surface area contributed by atoms with Crippen molar-refractivity contribution < 1.29 is 4.39 Å². The Morgan fingerprint density at radius 3 is 2.88 bits per heavy atom. The van der Waals surface area contributed by atoms with Crippen LogP contribution >= 0.6 is 27.3 Å². The summed E-state index contributed by atoms with van der Waals surface area (Å²) in [4.78, 5) is 1.14. The highest BCUT2D eigenvalue weighted by molar-refractivity contribution is 9.10. The molecule has 0 radical (unpaired) electrons. The fourth-order valence-electron chi connectivity index (χ4n) is 1.39. The van der Waals surface area contributed by atoms with E-state index in [4.69, 9.17) is 5.26 Å². The zero-order chi connectivity index (χ0) is 12.3. The number of anilines is 1. The first kappa shape index (κ1) is 12.1. The van der Waals surface area contributed by atoms with Crippen molar-refractivity contribution in [3.63, 3.8) is 0 Å². The lowest BCUT2D eigenvalue weighted by Gasteiger charge is -2.06. The van der Waals surface area contributed by atoms with E-state index in [1.807, 2.05) is 17.5 Å². The number of hydrogen-bond acceptors (Lipinski definition) is 3. The minimum atomic E-state index is -0.397. The number of rotatable bonds is 3. The molecule has 1 N–H and O–H groups in total. The zero-order valence-electron chi connectivity index (χ0n) is 8.71. The van der Waals surface area contributed by atoms with Crippen LogP contribution in [0.3, 0.4) is 0 Å². The Morgan fingerprint density at radius 2 is 2.24 bits per heavy atom. The maximum atomic E-state index is 12.9. The molecule has 5 heteroatoms. The third kappa shape index (κ3) is 3.05. The Hall–Kier alpha value is -1.38. The number of benzene rings is 1. The smallest absolute Gasteiger partial charge is 0.124 e. The highest BCUT2D eigenvalue weighted by Gasteiger charge is 2.04. The summed E-state index contributed by atoms with van der Waals surface area (Å²) in [5.74, 6) is -0.397. The predicted molar refractivity (Wildman–Crippen MR) is 70.5 cm³/mol.